The van der Waals surface area contributed by atoms with Crippen LogP contribution in [-0.4, -0.2) is 19.5 Å². The van der Waals surface area contributed by atoms with E-state index in [-0.39, 0.29) is 0 Å². The monoisotopic (exact) mass is 254 g/mol. The van der Waals surface area contributed by atoms with Crippen molar-refractivity contribution in [3.05, 3.63) is 12.7 Å². The Morgan fingerprint density at radius 3 is 2.11 bits per heavy atom. The smallest absolute Gasteiger partial charge is 0.132 e. The van der Waals surface area contributed by atoms with Crippen molar-refractivity contribution in [1.82, 2.24) is 0 Å². The minimum Gasteiger partial charge on any atom is -0.385 e. The molecule has 18 heavy (non-hydrogen) atoms. The van der Waals surface area contributed by atoms with Crippen LogP contribution in [-0.2, 0) is 9.53 Å². The fourth-order valence-electron chi connectivity index (χ4n) is 2.01. The Hall–Kier alpha value is -0.630. The number of hydrogen-bond acceptors (Lipinski definition) is 2. The van der Waals surface area contributed by atoms with Crippen molar-refractivity contribution in [1.29, 1.82) is 0 Å². The molecular weight excluding hydrogens is 224 g/mol. The predicted octanol–water partition coefficient (Wildman–Crippen LogP) is 4.68. The van der Waals surface area contributed by atoms with E-state index in [0.717, 1.165) is 45.1 Å². The van der Waals surface area contributed by atoms with Gasteiger partial charge >= 0.3 is 0 Å². The van der Waals surface area contributed by atoms with Gasteiger partial charge in [-0.1, -0.05) is 31.8 Å². The van der Waals surface area contributed by atoms with Crippen molar-refractivity contribution in [2.24, 2.45) is 0 Å². The van der Waals surface area contributed by atoms with Gasteiger partial charge in [-0.2, -0.15) is 0 Å². The number of hydrogen-bond donors (Lipinski definition) is 0. The molecule has 0 unspecified atom stereocenters. The van der Waals surface area contributed by atoms with Gasteiger partial charge in [-0.05, 0) is 32.1 Å². The van der Waals surface area contributed by atoms with E-state index in [1.165, 1.54) is 32.1 Å². The summed E-state index contributed by atoms with van der Waals surface area (Å²) in [5, 5.41) is 0. The van der Waals surface area contributed by atoms with Crippen LogP contribution in [0.25, 0.3) is 0 Å². The number of carbonyl (C=O) groups excluding carboxylic acids is 1. The Bertz CT molecular complexity index is 199. The molecule has 2 heteroatoms. The molecule has 106 valence electrons. The highest BCUT2D eigenvalue weighted by atomic mass is 16.5. The van der Waals surface area contributed by atoms with Crippen molar-refractivity contribution < 1.29 is 9.53 Å². The third kappa shape index (κ3) is 13.4. The van der Waals surface area contributed by atoms with Gasteiger partial charge in [-0.3, -0.25) is 4.79 Å². The molecule has 0 aliphatic heterocycles. The molecule has 0 aromatic rings. The maximum Gasteiger partial charge on any atom is 0.132 e. The van der Waals surface area contributed by atoms with Crippen molar-refractivity contribution in [2.75, 3.05) is 13.7 Å². The molecule has 0 aliphatic rings. The van der Waals surface area contributed by atoms with E-state index in [1.54, 1.807) is 7.11 Å². The summed E-state index contributed by atoms with van der Waals surface area (Å²) in [6, 6.07) is 0. The minimum absolute atomic E-state index is 0.428. The molecule has 0 saturated carbocycles. The Labute approximate surface area is 113 Å². The van der Waals surface area contributed by atoms with Gasteiger partial charge in [0.25, 0.3) is 0 Å². The number of rotatable bonds is 14. The average Bonchev–Trinajstić information content (AvgIpc) is 2.38. The predicted molar refractivity (Wildman–Crippen MR) is 77.9 cm³/mol. The third-order valence-electron chi connectivity index (χ3n) is 3.17. The van der Waals surface area contributed by atoms with Crippen LogP contribution in [0.5, 0.6) is 0 Å². The second-order valence-electron chi connectivity index (χ2n) is 4.94. The van der Waals surface area contributed by atoms with Crippen molar-refractivity contribution in [3.8, 4) is 0 Å². The summed E-state index contributed by atoms with van der Waals surface area (Å²) >= 11 is 0. The number of methoxy groups -OCH3 is 1. The molecule has 0 saturated heterocycles. The van der Waals surface area contributed by atoms with Gasteiger partial charge < -0.3 is 4.74 Å². The number of carbonyl (C=O) groups is 1. The molecule has 0 atom stereocenters. The molecule has 2 nitrogen and oxygen atoms in total. The van der Waals surface area contributed by atoms with E-state index >= 15 is 0 Å². The fraction of sp³-hybridized carbons (Fsp3) is 0.812. The second-order valence-corrected chi connectivity index (χ2v) is 4.94. The lowest BCUT2D eigenvalue weighted by Crippen LogP contribution is -1.99. The van der Waals surface area contributed by atoms with Crippen LogP contribution in [0.4, 0.5) is 0 Å². The lowest BCUT2D eigenvalue weighted by Gasteiger charge is -2.02. The molecule has 0 amide bonds. The first kappa shape index (κ1) is 17.4. The zero-order valence-corrected chi connectivity index (χ0v) is 12.1. The van der Waals surface area contributed by atoms with Crippen LogP contribution >= 0.6 is 0 Å². The number of unbranched alkanes of at least 4 members (excludes halogenated alkanes) is 7. The van der Waals surface area contributed by atoms with Crippen LogP contribution in [0.3, 0.4) is 0 Å². The van der Waals surface area contributed by atoms with Gasteiger partial charge in [-0.15, -0.1) is 6.58 Å². The highest BCUT2D eigenvalue weighted by molar-refractivity contribution is 5.78. The first-order valence-corrected chi connectivity index (χ1v) is 7.42. The highest BCUT2D eigenvalue weighted by Gasteiger charge is 2.01. The second kappa shape index (κ2) is 14.4. The number of ketones is 1. The van der Waals surface area contributed by atoms with Gasteiger partial charge in [0, 0.05) is 26.6 Å². The molecule has 0 rings (SSSR count). The number of Topliss-reactive ketones (excluding diaryl/α,β-unsaturated/α-hetero) is 1. The number of allylic oxidation sites excluding steroid dienone is 1. The molecule has 0 aromatic heterocycles. The van der Waals surface area contributed by atoms with Crippen LogP contribution in [0.2, 0.25) is 0 Å². The van der Waals surface area contributed by atoms with E-state index in [1.807, 2.05) is 6.08 Å². The summed E-state index contributed by atoms with van der Waals surface area (Å²) in [5.41, 5.74) is 0. The van der Waals surface area contributed by atoms with Crippen molar-refractivity contribution in [3.63, 3.8) is 0 Å². The van der Waals surface area contributed by atoms with Crippen molar-refractivity contribution >= 4 is 5.78 Å². The Balaban J connectivity index is 3.12. The Kier molecular flexibility index (Phi) is 13.9. The van der Waals surface area contributed by atoms with E-state index in [9.17, 15) is 4.79 Å². The van der Waals surface area contributed by atoms with Crippen LogP contribution < -0.4 is 0 Å². The maximum atomic E-state index is 11.5. The molecule has 0 aliphatic carbocycles. The summed E-state index contributed by atoms with van der Waals surface area (Å²) in [5.74, 6) is 0.428. The molecule has 0 heterocycles. The zero-order valence-electron chi connectivity index (χ0n) is 12.1. The van der Waals surface area contributed by atoms with E-state index < -0.39 is 0 Å². The molecule has 0 spiro atoms. The Morgan fingerprint density at radius 2 is 1.50 bits per heavy atom. The topological polar surface area (TPSA) is 26.3 Å². The molecule has 0 N–H and O–H groups in total. The standard InChI is InChI=1S/C16H30O2/c1-3-4-5-6-7-8-9-10-13-16(17)14-11-12-15-18-2/h3H,1,4-15H2,2H3. The third-order valence-corrected chi connectivity index (χ3v) is 3.17. The average molecular weight is 254 g/mol. The lowest BCUT2D eigenvalue weighted by atomic mass is 10.0. The van der Waals surface area contributed by atoms with Gasteiger partial charge in [0.2, 0.25) is 0 Å². The highest BCUT2D eigenvalue weighted by Crippen LogP contribution is 2.10. The Morgan fingerprint density at radius 1 is 0.944 bits per heavy atom. The lowest BCUT2D eigenvalue weighted by molar-refractivity contribution is -0.119. The first-order chi connectivity index (χ1) is 8.81. The van der Waals surface area contributed by atoms with Crippen LogP contribution in [0.15, 0.2) is 12.7 Å². The fourth-order valence-corrected chi connectivity index (χ4v) is 2.01. The molecule has 0 fully saturated rings. The normalized spacial score (nSPS) is 10.5. The van der Waals surface area contributed by atoms with Gasteiger partial charge in [-0.25, -0.2) is 0 Å². The molecule has 0 bridgehead atoms. The van der Waals surface area contributed by atoms with Gasteiger partial charge in [0.05, 0.1) is 0 Å². The van der Waals surface area contributed by atoms with Gasteiger partial charge in [0.15, 0.2) is 0 Å². The van der Waals surface area contributed by atoms with Crippen LogP contribution in [0, 0.1) is 0 Å². The maximum absolute atomic E-state index is 11.5. The van der Waals surface area contributed by atoms with Gasteiger partial charge in [0.1, 0.15) is 5.78 Å². The molecule has 0 radical (unpaired) electrons. The summed E-state index contributed by atoms with van der Waals surface area (Å²) in [4.78, 5) is 11.5. The van der Waals surface area contributed by atoms with E-state index in [0.29, 0.717) is 5.78 Å². The molecule has 0 aromatic carbocycles. The quantitative estimate of drug-likeness (QED) is 0.332. The summed E-state index contributed by atoms with van der Waals surface area (Å²) in [6.45, 7) is 4.49. The van der Waals surface area contributed by atoms with Crippen molar-refractivity contribution in [2.45, 2.75) is 70.6 Å². The summed E-state index contributed by atoms with van der Waals surface area (Å²) in [7, 11) is 1.71. The minimum atomic E-state index is 0.428. The summed E-state index contributed by atoms with van der Waals surface area (Å²) < 4.78 is 4.96. The van der Waals surface area contributed by atoms with E-state index in [2.05, 4.69) is 6.58 Å². The molecular formula is C16H30O2. The first-order valence-electron chi connectivity index (χ1n) is 7.42. The SMILES string of the molecule is C=CCCCCCCCCC(=O)CCCCOC. The van der Waals surface area contributed by atoms with Crippen LogP contribution in [0.1, 0.15) is 70.6 Å². The number of ether oxygens (including phenoxy) is 1. The zero-order chi connectivity index (χ0) is 13.5. The largest absolute Gasteiger partial charge is 0.385 e. The van der Waals surface area contributed by atoms with E-state index in [4.69, 9.17) is 4.74 Å². The summed E-state index contributed by atoms with van der Waals surface area (Å²) in [6.07, 6.45) is 14.1.